The highest BCUT2D eigenvalue weighted by Gasteiger charge is 2.23. The van der Waals surface area contributed by atoms with Crippen molar-refractivity contribution in [2.75, 3.05) is 31.1 Å². The molecule has 2 aromatic carbocycles. The van der Waals surface area contributed by atoms with Gasteiger partial charge in [0.25, 0.3) is 0 Å². The van der Waals surface area contributed by atoms with Crippen molar-refractivity contribution in [2.24, 2.45) is 0 Å². The van der Waals surface area contributed by atoms with Gasteiger partial charge in [0.15, 0.2) is 5.82 Å². The Kier molecular flexibility index (Phi) is 4.78. The minimum Gasteiger partial charge on any atom is -0.370 e. The Morgan fingerprint density at radius 2 is 1.85 bits per heavy atom. The van der Waals surface area contributed by atoms with Gasteiger partial charge in [-0.25, -0.2) is 4.98 Å². The van der Waals surface area contributed by atoms with E-state index < -0.39 is 0 Å². The zero-order valence-corrected chi connectivity index (χ0v) is 18.8. The molecule has 0 radical (unpaired) electrons. The lowest BCUT2D eigenvalue weighted by atomic mass is 10.1. The second kappa shape index (κ2) is 7.95. The van der Waals surface area contributed by atoms with E-state index in [1.165, 1.54) is 16.9 Å². The van der Waals surface area contributed by atoms with Crippen LogP contribution >= 0.6 is 0 Å². The fourth-order valence-corrected chi connectivity index (χ4v) is 5.00. The summed E-state index contributed by atoms with van der Waals surface area (Å²) in [6.07, 6.45) is 5.51. The fourth-order valence-electron chi connectivity index (χ4n) is 5.00. The van der Waals surface area contributed by atoms with Crippen LogP contribution in [0, 0.1) is 18.3 Å². The summed E-state index contributed by atoms with van der Waals surface area (Å²) in [5.41, 5.74) is 8.83. The Morgan fingerprint density at radius 3 is 2.70 bits per heavy atom. The predicted molar refractivity (Wildman–Crippen MR) is 131 cm³/mol. The topological polar surface area (TPSA) is 61.8 Å². The van der Waals surface area contributed by atoms with E-state index in [2.05, 4.69) is 69.0 Å². The zero-order chi connectivity index (χ0) is 22.4. The van der Waals surface area contributed by atoms with E-state index >= 15 is 0 Å². The number of imidazole rings is 1. The van der Waals surface area contributed by atoms with Gasteiger partial charge in [-0.2, -0.15) is 5.26 Å². The molecule has 2 aliphatic heterocycles. The van der Waals surface area contributed by atoms with Crippen LogP contribution in [0.1, 0.15) is 23.2 Å². The molecule has 164 valence electrons. The van der Waals surface area contributed by atoms with Crippen molar-refractivity contribution in [3.63, 3.8) is 0 Å². The molecule has 1 fully saturated rings. The normalized spacial score (nSPS) is 15.1. The number of nitrogens with zero attached hydrogens (tertiary/aromatic N) is 5. The Labute approximate surface area is 193 Å². The maximum absolute atomic E-state index is 9.13. The summed E-state index contributed by atoms with van der Waals surface area (Å²) >= 11 is 0. The lowest BCUT2D eigenvalue weighted by Crippen LogP contribution is -2.27. The van der Waals surface area contributed by atoms with Crippen LogP contribution in [0.25, 0.3) is 28.3 Å². The number of aryl methyl sites for hydroxylation is 1. The highest BCUT2D eigenvalue weighted by molar-refractivity contribution is 5.72. The van der Waals surface area contributed by atoms with Crippen LogP contribution in [0.5, 0.6) is 0 Å². The highest BCUT2D eigenvalue weighted by Crippen LogP contribution is 2.36. The van der Waals surface area contributed by atoms with E-state index in [1.807, 2.05) is 24.3 Å². The van der Waals surface area contributed by atoms with Crippen LogP contribution in [0.4, 0.5) is 5.69 Å². The van der Waals surface area contributed by atoms with Gasteiger partial charge in [-0.1, -0.05) is 12.1 Å². The quantitative estimate of drug-likeness (QED) is 0.449. The second-order valence-electron chi connectivity index (χ2n) is 8.91. The molecule has 0 amide bonds. The molecule has 33 heavy (non-hydrogen) atoms. The van der Waals surface area contributed by atoms with Gasteiger partial charge in [0, 0.05) is 49.8 Å². The number of benzene rings is 2. The molecule has 1 saturated heterocycles. The molecule has 0 spiro atoms. The lowest BCUT2D eigenvalue weighted by Gasteiger charge is -2.24. The van der Waals surface area contributed by atoms with Crippen LogP contribution in [0.3, 0.4) is 0 Å². The number of nitrogens with one attached hydrogen (secondary N) is 1. The average molecular weight is 435 g/mol. The third-order valence-electron chi connectivity index (χ3n) is 6.67. The molecule has 6 nitrogen and oxygen atoms in total. The van der Waals surface area contributed by atoms with Gasteiger partial charge < -0.3 is 14.8 Å². The highest BCUT2D eigenvalue weighted by atomic mass is 15.2. The number of anilines is 1. The maximum atomic E-state index is 9.13. The first-order chi connectivity index (χ1) is 16.2. The molecule has 2 aromatic heterocycles. The number of hydrogen-bond donors (Lipinski definition) is 1. The minimum absolute atomic E-state index is 0.677. The summed E-state index contributed by atoms with van der Waals surface area (Å²) in [6.45, 7) is 7.07. The zero-order valence-electron chi connectivity index (χ0n) is 18.8. The number of hydrogen-bond acceptors (Lipinski definition) is 4. The van der Waals surface area contributed by atoms with Crippen LogP contribution in [0.15, 0.2) is 60.9 Å². The molecule has 1 N–H and O–H groups in total. The standard InChI is InChI=1S/C27H26N6/c1-19-16-33-25-8-7-24(31-11-2-9-29-10-12-31)13-23(25)18-32-17-22(14-26(32)27(33)30-19)21-5-3-20(15-28)4-6-21/h3-8,13-14,16-17,29H,2,9-12,18H2,1H3. The maximum Gasteiger partial charge on any atom is 0.161 e. The van der Waals surface area contributed by atoms with Gasteiger partial charge in [0.1, 0.15) is 0 Å². The molecule has 0 atom stereocenters. The van der Waals surface area contributed by atoms with Gasteiger partial charge in [-0.05, 0) is 67.4 Å². The summed E-state index contributed by atoms with van der Waals surface area (Å²) in [4.78, 5) is 7.38. The molecule has 0 bridgehead atoms. The van der Waals surface area contributed by atoms with Crippen molar-refractivity contribution in [2.45, 2.75) is 19.9 Å². The van der Waals surface area contributed by atoms with E-state index in [4.69, 9.17) is 10.2 Å². The van der Waals surface area contributed by atoms with Gasteiger partial charge >= 0.3 is 0 Å². The largest absolute Gasteiger partial charge is 0.370 e. The van der Waals surface area contributed by atoms with Crippen LogP contribution in [0.2, 0.25) is 0 Å². The summed E-state index contributed by atoms with van der Waals surface area (Å²) < 4.78 is 4.55. The second-order valence-corrected chi connectivity index (χ2v) is 8.91. The Hall–Kier alpha value is -3.82. The molecule has 2 aliphatic rings. The Balaban J connectivity index is 1.45. The van der Waals surface area contributed by atoms with Crippen molar-refractivity contribution >= 4 is 5.69 Å². The van der Waals surface area contributed by atoms with E-state index in [1.54, 1.807) is 0 Å². The third-order valence-corrected chi connectivity index (χ3v) is 6.67. The van der Waals surface area contributed by atoms with Gasteiger partial charge in [0.2, 0.25) is 0 Å². The van der Waals surface area contributed by atoms with Gasteiger partial charge in [0.05, 0.1) is 28.7 Å². The molecule has 0 aliphatic carbocycles. The Morgan fingerprint density at radius 1 is 0.970 bits per heavy atom. The van der Waals surface area contributed by atoms with Crippen molar-refractivity contribution in [3.05, 3.63) is 77.7 Å². The molecule has 4 heterocycles. The Bertz CT molecular complexity index is 1360. The SMILES string of the molecule is Cc1cn2c(n1)-c1cc(-c3ccc(C#N)cc3)cn1Cc1cc(N3CCCNCC3)ccc1-2. The number of nitriles is 1. The average Bonchev–Trinajstić information content (AvgIpc) is 3.27. The van der Waals surface area contributed by atoms with E-state index in [9.17, 15) is 0 Å². The van der Waals surface area contributed by atoms with Crippen molar-refractivity contribution in [1.29, 1.82) is 5.26 Å². The molecular weight excluding hydrogens is 408 g/mol. The van der Waals surface area contributed by atoms with Crippen molar-refractivity contribution in [1.82, 2.24) is 19.4 Å². The molecule has 6 heteroatoms. The molecule has 0 saturated carbocycles. The molecule has 6 rings (SSSR count). The lowest BCUT2D eigenvalue weighted by molar-refractivity contribution is 0.724. The minimum atomic E-state index is 0.677. The molecule has 4 aromatic rings. The van der Waals surface area contributed by atoms with Crippen molar-refractivity contribution < 1.29 is 0 Å². The van der Waals surface area contributed by atoms with E-state index in [0.29, 0.717) is 5.56 Å². The smallest absolute Gasteiger partial charge is 0.161 e. The van der Waals surface area contributed by atoms with Crippen LogP contribution in [-0.4, -0.2) is 40.3 Å². The van der Waals surface area contributed by atoms with Gasteiger partial charge in [-0.15, -0.1) is 0 Å². The van der Waals surface area contributed by atoms with Crippen LogP contribution in [-0.2, 0) is 6.54 Å². The molecular formula is C27H26N6. The first-order valence-electron chi connectivity index (χ1n) is 11.6. The number of fused-ring (bicyclic) bond motifs is 5. The summed E-state index contributed by atoms with van der Waals surface area (Å²) in [5, 5.41) is 12.6. The fraction of sp³-hybridized carbons (Fsp3) is 0.259. The van der Waals surface area contributed by atoms with Crippen molar-refractivity contribution in [3.8, 4) is 34.4 Å². The summed E-state index contributed by atoms with van der Waals surface area (Å²) in [7, 11) is 0. The van der Waals surface area contributed by atoms with E-state index in [0.717, 1.165) is 67.5 Å². The first kappa shape index (κ1) is 19.8. The van der Waals surface area contributed by atoms with E-state index in [-0.39, 0.29) is 0 Å². The molecule has 0 unspecified atom stereocenters. The summed E-state index contributed by atoms with van der Waals surface area (Å²) in [6, 6.07) is 19.1. The van der Waals surface area contributed by atoms with Gasteiger partial charge in [-0.3, -0.25) is 4.57 Å². The third kappa shape index (κ3) is 3.51. The summed E-state index contributed by atoms with van der Waals surface area (Å²) in [5.74, 6) is 0.970. The first-order valence-corrected chi connectivity index (χ1v) is 11.6. The number of rotatable bonds is 2. The van der Waals surface area contributed by atoms with Crippen LogP contribution < -0.4 is 10.2 Å². The predicted octanol–water partition coefficient (Wildman–Crippen LogP) is 4.35. The monoisotopic (exact) mass is 434 g/mol. The number of aromatic nitrogens is 3.